The predicted octanol–water partition coefficient (Wildman–Crippen LogP) is 1.58. The van der Waals surface area contributed by atoms with Crippen molar-refractivity contribution in [1.82, 2.24) is 10.3 Å². The highest BCUT2D eigenvalue weighted by atomic mass is 16.2. The van der Waals surface area contributed by atoms with E-state index in [2.05, 4.69) is 10.3 Å². The summed E-state index contributed by atoms with van der Waals surface area (Å²) >= 11 is 0. The van der Waals surface area contributed by atoms with Gasteiger partial charge >= 0.3 is 0 Å². The largest absolute Gasteiger partial charge is 0.342 e. The maximum atomic E-state index is 12.6. The van der Waals surface area contributed by atoms with Gasteiger partial charge in [0.25, 0.3) is 0 Å². The lowest BCUT2D eigenvalue weighted by molar-refractivity contribution is -0.132. The first-order chi connectivity index (χ1) is 9.43. The Balaban J connectivity index is 2.35. The van der Waals surface area contributed by atoms with E-state index in [9.17, 15) is 9.59 Å². The minimum atomic E-state index is -0.443. The van der Waals surface area contributed by atoms with Crippen LogP contribution in [0.1, 0.15) is 31.7 Å². The molecule has 5 heteroatoms. The van der Waals surface area contributed by atoms with Crippen molar-refractivity contribution in [3.05, 3.63) is 23.5 Å². The molecule has 2 amide bonds. The monoisotopic (exact) mass is 275 g/mol. The number of carbonyl (C=O) groups is 2. The van der Waals surface area contributed by atoms with Crippen LogP contribution in [-0.2, 0) is 9.59 Å². The summed E-state index contributed by atoms with van der Waals surface area (Å²) in [7, 11) is 0. The van der Waals surface area contributed by atoms with E-state index in [1.165, 1.54) is 0 Å². The molecule has 0 bridgehead atoms. The molecule has 1 aromatic rings. The zero-order valence-electron chi connectivity index (χ0n) is 12.4. The highest BCUT2D eigenvalue weighted by Gasteiger charge is 2.36. The molecule has 1 aliphatic heterocycles. The molecule has 0 aromatic carbocycles. The molecule has 2 rings (SSSR count). The molecule has 108 valence electrons. The number of anilines is 1. The van der Waals surface area contributed by atoms with Gasteiger partial charge in [0, 0.05) is 5.69 Å². The van der Waals surface area contributed by atoms with Gasteiger partial charge in [-0.2, -0.15) is 0 Å². The molecule has 2 unspecified atom stereocenters. The second kappa shape index (κ2) is 5.61. The first-order valence-corrected chi connectivity index (χ1v) is 6.99. The van der Waals surface area contributed by atoms with Crippen LogP contribution in [0.15, 0.2) is 12.1 Å². The molecule has 0 saturated carbocycles. The number of aromatic nitrogens is 1. The van der Waals surface area contributed by atoms with Crippen LogP contribution < -0.4 is 10.2 Å². The third-order valence-electron chi connectivity index (χ3n) is 3.85. The van der Waals surface area contributed by atoms with Crippen molar-refractivity contribution in [2.24, 2.45) is 5.92 Å². The van der Waals surface area contributed by atoms with Crippen molar-refractivity contribution in [1.29, 1.82) is 0 Å². The lowest BCUT2D eigenvalue weighted by Gasteiger charge is -2.35. The Kier molecular flexibility index (Phi) is 4.06. The lowest BCUT2D eigenvalue weighted by Crippen LogP contribution is -2.60. The Bertz CT molecular complexity index is 542. The molecular weight excluding hydrogens is 254 g/mol. The Morgan fingerprint density at radius 2 is 2.10 bits per heavy atom. The van der Waals surface area contributed by atoms with E-state index < -0.39 is 6.04 Å². The van der Waals surface area contributed by atoms with Crippen LogP contribution in [-0.4, -0.2) is 29.4 Å². The molecule has 1 aliphatic rings. The molecule has 0 spiro atoms. The summed E-state index contributed by atoms with van der Waals surface area (Å²) in [4.78, 5) is 30.4. The summed E-state index contributed by atoms with van der Waals surface area (Å²) in [5, 5.41) is 2.80. The predicted molar refractivity (Wildman–Crippen MR) is 77.4 cm³/mol. The van der Waals surface area contributed by atoms with Crippen molar-refractivity contribution >= 4 is 17.5 Å². The van der Waals surface area contributed by atoms with Crippen LogP contribution in [0.5, 0.6) is 0 Å². The van der Waals surface area contributed by atoms with E-state index in [-0.39, 0.29) is 24.3 Å². The van der Waals surface area contributed by atoms with Crippen molar-refractivity contribution in [3.8, 4) is 0 Å². The van der Waals surface area contributed by atoms with Gasteiger partial charge in [0.1, 0.15) is 12.6 Å². The highest BCUT2D eigenvalue weighted by Crippen LogP contribution is 2.23. The molecule has 2 atom stereocenters. The minimum absolute atomic E-state index is 0.0484. The number of carbonyl (C=O) groups excluding carboxylic acids is 2. The number of nitrogens with one attached hydrogen (secondary N) is 1. The smallest absolute Gasteiger partial charge is 0.250 e. The van der Waals surface area contributed by atoms with E-state index >= 15 is 0 Å². The Morgan fingerprint density at radius 3 is 2.70 bits per heavy atom. The van der Waals surface area contributed by atoms with Gasteiger partial charge in [0.15, 0.2) is 0 Å². The zero-order valence-corrected chi connectivity index (χ0v) is 12.4. The van der Waals surface area contributed by atoms with E-state index in [1.54, 1.807) is 4.90 Å². The van der Waals surface area contributed by atoms with Crippen LogP contribution in [0, 0.1) is 19.8 Å². The van der Waals surface area contributed by atoms with Gasteiger partial charge in [-0.25, -0.2) is 0 Å². The number of amides is 2. The van der Waals surface area contributed by atoms with Crippen molar-refractivity contribution < 1.29 is 9.59 Å². The van der Waals surface area contributed by atoms with Gasteiger partial charge < -0.3 is 5.32 Å². The van der Waals surface area contributed by atoms with Gasteiger partial charge in [-0.15, -0.1) is 0 Å². The summed E-state index contributed by atoms with van der Waals surface area (Å²) in [6.45, 7) is 7.83. The summed E-state index contributed by atoms with van der Waals surface area (Å²) in [6, 6.07) is 3.28. The number of rotatable bonds is 3. The van der Waals surface area contributed by atoms with E-state index in [0.717, 1.165) is 23.5 Å². The Hall–Kier alpha value is -1.91. The van der Waals surface area contributed by atoms with E-state index in [4.69, 9.17) is 0 Å². The molecular formula is C15H21N3O2. The van der Waals surface area contributed by atoms with Crippen molar-refractivity contribution in [2.75, 3.05) is 11.4 Å². The quantitative estimate of drug-likeness (QED) is 0.911. The van der Waals surface area contributed by atoms with Gasteiger partial charge in [0.05, 0.1) is 11.4 Å². The fourth-order valence-electron chi connectivity index (χ4n) is 2.46. The normalized spacial score (nSPS) is 20.8. The second-order valence-corrected chi connectivity index (χ2v) is 5.41. The third kappa shape index (κ3) is 2.66. The van der Waals surface area contributed by atoms with Gasteiger partial charge in [-0.1, -0.05) is 20.3 Å². The fourth-order valence-corrected chi connectivity index (χ4v) is 2.46. The maximum Gasteiger partial charge on any atom is 0.250 e. The SMILES string of the molecule is CCC(C)C1NC(=O)CN(c2ccc(C)nc2C)C1=O. The fraction of sp³-hybridized carbons (Fsp3) is 0.533. The molecule has 1 saturated heterocycles. The van der Waals surface area contributed by atoms with Crippen molar-refractivity contribution in [2.45, 2.75) is 40.2 Å². The molecule has 1 aromatic heterocycles. The summed E-state index contributed by atoms with van der Waals surface area (Å²) < 4.78 is 0. The number of aryl methyl sites for hydroxylation is 2. The van der Waals surface area contributed by atoms with Gasteiger partial charge in [-0.3, -0.25) is 19.5 Å². The first kappa shape index (κ1) is 14.5. The lowest BCUT2D eigenvalue weighted by atomic mass is 9.96. The highest BCUT2D eigenvalue weighted by molar-refractivity contribution is 6.06. The van der Waals surface area contributed by atoms with Crippen LogP contribution in [0.4, 0.5) is 5.69 Å². The number of piperazine rings is 1. The van der Waals surface area contributed by atoms with Gasteiger partial charge in [0.2, 0.25) is 11.8 Å². The average Bonchev–Trinajstić information content (AvgIpc) is 2.40. The molecule has 2 heterocycles. The number of nitrogens with zero attached hydrogens (tertiary/aromatic N) is 2. The molecule has 0 aliphatic carbocycles. The summed E-state index contributed by atoms with van der Waals surface area (Å²) in [5.41, 5.74) is 2.40. The number of hydrogen-bond donors (Lipinski definition) is 1. The standard InChI is InChI=1S/C15H21N3O2/c1-5-9(2)14-15(20)18(8-13(19)17-14)12-7-6-10(3)16-11(12)4/h6-7,9,14H,5,8H2,1-4H3,(H,17,19). The van der Waals surface area contributed by atoms with Gasteiger partial charge in [-0.05, 0) is 31.9 Å². The van der Waals surface area contributed by atoms with Crippen LogP contribution in [0.2, 0.25) is 0 Å². The minimum Gasteiger partial charge on any atom is -0.342 e. The summed E-state index contributed by atoms with van der Waals surface area (Å²) in [5.74, 6) is -0.0458. The number of hydrogen-bond acceptors (Lipinski definition) is 3. The molecule has 0 radical (unpaired) electrons. The molecule has 20 heavy (non-hydrogen) atoms. The van der Waals surface area contributed by atoms with E-state index in [1.807, 2.05) is 39.8 Å². The maximum absolute atomic E-state index is 12.6. The Labute approximate surface area is 119 Å². The topological polar surface area (TPSA) is 62.3 Å². The van der Waals surface area contributed by atoms with Crippen molar-refractivity contribution in [3.63, 3.8) is 0 Å². The van der Waals surface area contributed by atoms with E-state index in [0.29, 0.717) is 0 Å². The molecule has 1 N–H and O–H groups in total. The molecule has 1 fully saturated rings. The summed E-state index contributed by atoms with van der Waals surface area (Å²) in [6.07, 6.45) is 0.843. The third-order valence-corrected chi connectivity index (χ3v) is 3.85. The van der Waals surface area contributed by atoms with Crippen LogP contribution in [0.3, 0.4) is 0 Å². The van der Waals surface area contributed by atoms with Crippen LogP contribution in [0.25, 0.3) is 0 Å². The Morgan fingerprint density at radius 1 is 1.40 bits per heavy atom. The molecule has 5 nitrogen and oxygen atoms in total. The van der Waals surface area contributed by atoms with Crippen LogP contribution >= 0.6 is 0 Å². The second-order valence-electron chi connectivity index (χ2n) is 5.41. The average molecular weight is 275 g/mol. The zero-order chi connectivity index (χ0) is 14.9. The number of pyridine rings is 1. The first-order valence-electron chi connectivity index (χ1n) is 6.99.